The van der Waals surface area contributed by atoms with Crippen LogP contribution in [0.5, 0.6) is 0 Å². The summed E-state index contributed by atoms with van der Waals surface area (Å²) in [6, 6.07) is 0. The van der Waals surface area contributed by atoms with Crippen molar-refractivity contribution in [3.05, 3.63) is 0 Å². The van der Waals surface area contributed by atoms with Crippen LogP contribution in [0.1, 0.15) is 20.3 Å². The van der Waals surface area contributed by atoms with E-state index in [1.165, 1.54) is 0 Å². The van der Waals surface area contributed by atoms with Gasteiger partial charge in [-0.15, -0.1) is 0 Å². The highest BCUT2D eigenvalue weighted by Crippen LogP contribution is 2.30. The van der Waals surface area contributed by atoms with E-state index in [-0.39, 0.29) is 6.61 Å². The number of hydrogen-bond acceptors (Lipinski definition) is 12. The number of hydrogen-bond donors (Lipinski definition) is 1. The lowest BCUT2D eigenvalue weighted by Gasteiger charge is -2.19. The van der Waals surface area contributed by atoms with Crippen LogP contribution in [-0.4, -0.2) is 128 Å². The number of nitrogens with zero attached hydrogens (tertiary/aromatic N) is 1. The number of rotatable bonds is 20. The van der Waals surface area contributed by atoms with Gasteiger partial charge in [0, 0.05) is 13.5 Å². The number of methoxy groups -OCH3 is 1. The summed E-state index contributed by atoms with van der Waals surface area (Å²) in [6.45, 7) is 9.92. The van der Waals surface area contributed by atoms with E-state index in [4.69, 9.17) is 47.4 Å². The Balaban J connectivity index is 1.48. The molecule has 0 unspecified atom stereocenters. The Morgan fingerprint density at radius 1 is 0.794 bits per heavy atom. The predicted molar refractivity (Wildman–Crippen MR) is 119 cm³/mol. The van der Waals surface area contributed by atoms with Gasteiger partial charge >= 0.3 is 0 Å². The van der Waals surface area contributed by atoms with Crippen LogP contribution in [0.3, 0.4) is 0 Å². The molecule has 0 amide bonds. The molecule has 0 radical (unpaired) electrons. The molecule has 2 heterocycles. The van der Waals surface area contributed by atoms with Crippen molar-refractivity contribution < 1.29 is 52.6 Å². The average Bonchev–Trinajstić information content (AvgIpc) is 3.44. The van der Waals surface area contributed by atoms with E-state index in [1.54, 1.807) is 7.11 Å². The van der Waals surface area contributed by atoms with Crippen molar-refractivity contribution in [2.24, 2.45) is 5.16 Å². The molecule has 0 aromatic carbocycles. The second-order valence-electron chi connectivity index (χ2n) is 8.08. The summed E-state index contributed by atoms with van der Waals surface area (Å²) in [7, 11) is 1.64. The van der Waals surface area contributed by atoms with Crippen molar-refractivity contribution in [1.29, 1.82) is 0 Å². The molecular weight excluding hydrogens is 454 g/mol. The van der Waals surface area contributed by atoms with Crippen LogP contribution >= 0.6 is 0 Å². The number of ether oxygens (including phenoxy) is 10. The first-order valence-corrected chi connectivity index (χ1v) is 11.7. The van der Waals surface area contributed by atoms with E-state index in [2.05, 4.69) is 5.16 Å². The molecule has 34 heavy (non-hydrogen) atoms. The molecule has 0 aliphatic carbocycles. The third kappa shape index (κ3) is 12.2. The second kappa shape index (κ2) is 17.5. The molecule has 12 heteroatoms. The monoisotopic (exact) mass is 495 g/mol. The Kier molecular flexibility index (Phi) is 15.1. The highest BCUT2D eigenvalue weighted by atomic mass is 16.8. The van der Waals surface area contributed by atoms with Crippen molar-refractivity contribution in [2.45, 2.75) is 44.6 Å². The van der Waals surface area contributed by atoms with E-state index < -0.39 is 24.3 Å². The third-order valence-corrected chi connectivity index (χ3v) is 4.91. The topological polar surface area (TPSA) is 125 Å². The van der Waals surface area contributed by atoms with Gasteiger partial charge < -0.3 is 52.6 Å². The normalized spacial score (nSPS) is 23.2. The minimum absolute atomic E-state index is 0.270. The van der Waals surface area contributed by atoms with Crippen LogP contribution in [0, 0.1) is 0 Å². The summed E-state index contributed by atoms with van der Waals surface area (Å²) >= 11 is 0. The highest BCUT2D eigenvalue weighted by Gasteiger charge is 2.45. The molecule has 2 fully saturated rings. The Hall–Kier alpha value is -0.930. The fraction of sp³-hybridized carbons (Fsp3) is 0.955. The molecule has 0 spiro atoms. The maximum Gasteiger partial charge on any atom is 0.164 e. The van der Waals surface area contributed by atoms with Crippen molar-refractivity contribution in [3.8, 4) is 0 Å². The molecule has 0 aromatic heterocycles. The van der Waals surface area contributed by atoms with Gasteiger partial charge in [-0.25, -0.2) is 0 Å². The van der Waals surface area contributed by atoms with Gasteiger partial charge in [0.15, 0.2) is 12.1 Å². The fourth-order valence-corrected chi connectivity index (χ4v) is 3.37. The van der Waals surface area contributed by atoms with Gasteiger partial charge in [0.25, 0.3) is 0 Å². The van der Waals surface area contributed by atoms with Gasteiger partial charge in [0.2, 0.25) is 0 Å². The van der Waals surface area contributed by atoms with E-state index >= 15 is 0 Å². The minimum atomic E-state index is -0.819. The molecule has 2 atom stereocenters. The van der Waals surface area contributed by atoms with Crippen LogP contribution < -0.4 is 0 Å². The third-order valence-electron chi connectivity index (χ3n) is 4.91. The number of oxime groups is 1. The fourth-order valence-electron chi connectivity index (χ4n) is 3.37. The average molecular weight is 496 g/mol. The van der Waals surface area contributed by atoms with Gasteiger partial charge in [0.05, 0.1) is 91.6 Å². The van der Waals surface area contributed by atoms with Crippen LogP contribution in [0.4, 0.5) is 0 Å². The second-order valence-corrected chi connectivity index (χ2v) is 8.08. The zero-order chi connectivity index (χ0) is 24.5. The predicted octanol–water partition coefficient (Wildman–Crippen LogP) is 0.829. The van der Waals surface area contributed by atoms with Crippen LogP contribution in [-0.2, 0) is 47.4 Å². The Bertz CT molecular complexity index is 543. The highest BCUT2D eigenvalue weighted by molar-refractivity contribution is 5.89. The van der Waals surface area contributed by atoms with E-state index in [1.807, 2.05) is 13.8 Å². The largest absolute Gasteiger partial charge is 0.411 e. The molecule has 0 aromatic rings. The van der Waals surface area contributed by atoms with Crippen LogP contribution in [0.2, 0.25) is 0 Å². The van der Waals surface area contributed by atoms with Crippen molar-refractivity contribution in [3.63, 3.8) is 0 Å². The van der Waals surface area contributed by atoms with Gasteiger partial charge in [0.1, 0.15) is 12.2 Å². The lowest BCUT2D eigenvalue weighted by atomic mass is 10.1. The zero-order valence-electron chi connectivity index (χ0n) is 20.6. The smallest absolute Gasteiger partial charge is 0.164 e. The summed E-state index contributed by atoms with van der Waals surface area (Å²) in [4.78, 5) is 0. The first kappa shape index (κ1) is 29.3. The van der Waals surface area contributed by atoms with E-state index in [9.17, 15) is 5.21 Å². The molecular formula is C22H41NO11. The SMILES string of the molecule is COCCOCCOCCOCCOCCOC[C@@H]1OC(C)(C)O[C@H]1/C(CC1OCCO1)=N\O. The van der Waals surface area contributed by atoms with E-state index in [0.717, 1.165) is 0 Å². The Morgan fingerprint density at radius 3 is 1.79 bits per heavy atom. The van der Waals surface area contributed by atoms with Gasteiger partial charge in [-0.1, -0.05) is 5.16 Å². The molecule has 200 valence electrons. The minimum Gasteiger partial charge on any atom is -0.411 e. The molecule has 2 aliphatic heterocycles. The summed E-state index contributed by atoms with van der Waals surface area (Å²) in [6.07, 6.45) is -1.12. The maximum atomic E-state index is 9.50. The summed E-state index contributed by atoms with van der Waals surface area (Å²) in [5.41, 5.74) is 0.405. The van der Waals surface area contributed by atoms with Crippen LogP contribution in [0.25, 0.3) is 0 Å². The summed E-state index contributed by atoms with van der Waals surface area (Å²) in [5.74, 6) is -0.819. The molecule has 1 N–H and O–H groups in total. The molecule has 12 nitrogen and oxygen atoms in total. The van der Waals surface area contributed by atoms with E-state index in [0.29, 0.717) is 91.4 Å². The first-order chi connectivity index (χ1) is 16.6. The molecule has 0 saturated carbocycles. The van der Waals surface area contributed by atoms with Gasteiger partial charge in [-0.3, -0.25) is 0 Å². The summed E-state index contributed by atoms with van der Waals surface area (Å²) in [5, 5.41) is 12.9. The lowest BCUT2D eigenvalue weighted by molar-refractivity contribution is -0.148. The summed E-state index contributed by atoms with van der Waals surface area (Å²) < 4.78 is 55.0. The van der Waals surface area contributed by atoms with Crippen molar-refractivity contribution >= 4 is 5.71 Å². The molecule has 2 saturated heterocycles. The quantitative estimate of drug-likeness (QED) is 0.112. The van der Waals surface area contributed by atoms with Crippen molar-refractivity contribution in [2.75, 3.05) is 93.0 Å². The standard InChI is InChI=1S/C22H41NO11/c1-22(2)33-19(21(34-22)18(23-24)16-20-31-14-15-32-20)17-30-13-12-29-11-10-28-9-8-27-7-6-26-5-4-25-3/h19-21,24H,4-17H2,1-3H3/b23-18-/t19-,21-/m0/s1. The first-order valence-electron chi connectivity index (χ1n) is 11.7. The Morgan fingerprint density at radius 2 is 1.29 bits per heavy atom. The molecule has 2 aliphatic rings. The molecule has 2 rings (SSSR count). The Labute approximate surface area is 201 Å². The van der Waals surface area contributed by atoms with Gasteiger partial charge in [-0.2, -0.15) is 0 Å². The lowest BCUT2D eigenvalue weighted by Crippen LogP contribution is -2.37. The van der Waals surface area contributed by atoms with Crippen LogP contribution in [0.15, 0.2) is 5.16 Å². The maximum absolute atomic E-state index is 9.50. The molecule has 0 bridgehead atoms. The van der Waals surface area contributed by atoms with Gasteiger partial charge in [-0.05, 0) is 13.8 Å². The zero-order valence-corrected chi connectivity index (χ0v) is 20.6. The van der Waals surface area contributed by atoms with Crippen molar-refractivity contribution in [1.82, 2.24) is 0 Å².